The first-order chi connectivity index (χ1) is 8.34. The summed E-state index contributed by atoms with van der Waals surface area (Å²) in [5.41, 5.74) is 1.40. The molecular weight excluding hydrogens is 232 g/mol. The number of carbonyl (C=O) groups excluding carboxylic acids is 1. The Bertz CT molecular complexity index is 447. The summed E-state index contributed by atoms with van der Waals surface area (Å²) in [6.07, 6.45) is 8.90. The summed E-state index contributed by atoms with van der Waals surface area (Å²) in [5, 5.41) is 0. The predicted molar refractivity (Wildman–Crippen MR) is 68.6 cm³/mol. The van der Waals surface area contributed by atoms with E-state index in [4.69, 9.17) is 4.74 Å². The lowest BCUT2D eigenvalue weighted by Gasteiger charge is -1.99. The van der Waals surface area contributed by atoms with Crippen LogP contribution in [0.5, 0.6) is 0 Å². The second-order valence-corrected chi connectivity index (χ2v) is 5.79. The fourth-order valence-corrected chi connectivity index (χ4v) is 3.68. The molecule has 1 aromatic heterocycles. The van der Waals surface area contributed by atoms with Crippen molar-refractivity contribution in [1.29, 1.82) is 0 Å². The lowest BCUT2D eigenvalue weighted by atomic mass is 10.1. The van der Waals surface area contributed by atoms with Crippen molar-refractivity contribution in [3.05, 3.63) is 33.2 Å². The third-order valence-electron chi connectivity index (χ3n) is 3.40. The van der Waals surface area contributed by atoms with Crippen molar-refractivity contribution in [2.75, 3.05) is 6.61 Å². The average Bonchev–Trinajstić information content (AvgIpc) is 2.95. The van der Waals surface area contributed by atoms with Crippen molar-refractivity contribution in [3.8, 4) is 0 Å². The number of aryl methyl sites for hydroxylation is 2. The normalized spacial score (nSPS) is 19.2. The molecule has 2 nitrogen and oxygen atoms in total. The van der Waals surface area contributed by atoms with Gasteiger partial charge in [-0.15, -0.1) is 11.3 Å². The molecule has 3 heteroatoms. The summed E-state index contributed by atoms with van der Waals surface area (Å²) in [7, 11) is 0. The highest BCUT2D eigenvalue weighted by molar-refractivity contribution is 7.14. The van der Waals surface area contributed by atoms with Gasteiger partial charge in [0.25, 0.3) is 0 Å². The monoisotopic (exact) mass is 248 g/mol. The fourth-order valence-electron chi connectivity index (χ4n) is 2.48. The van der Waals surface area contributed by atoms with Gasteiger partial charge in [-0.1, -0.05) is 6.42 Å². The number of hydrogen-bond donors (Lipinski definition) is 0. The smallest absolute Gasteiger partial charge is 0.237 e. The van der Waals surface area contributed by atoms with Crippen LogP contribution in [0.25, 0.3) is 0 Å². The van der Waals surface area contributed by atoms with Crippen LogP contribution < -0.4 is 0 Å². The molecule has 0 radical (unpaired) electrons. The lowest BCUT2D eigenvalue weighted by Crippen LogP contribution is -2.01. The van der Waals surface area contributed by atoms with Gasteiger partial charge in [-0.25, -0.2) is 0 Å². The van der Waals surface area contributed by atoms with E-state index in [0.717, 1.165) is 24.1 Å². The molecule has 0 saturated carbocycles. The van der Waals surface area contributed by atoms with Crippen LogP contribution >= 0.6 is 11.3 Å². The van der Waals surface area contributed by atoms with Crippen molar-refractivity contribution in [2.45, 2.75) is 38.5 Å². The van der Waals surface area contributed by atoms with Crippen molar-refractivity contribution in [1.82, 2.24) is 0 Å². The van der Waals surface area contributed by atoms with E-state index in [1.807, 2.05) is 6.08 Å². The largest absolute Gasteiger partial charge is 0.489 e. The quantitative estimate of drug-likeness (QED) is 0.591. The van der Waals surface area contributed by atoms with Gasteiger partial charge >= 0.3 is 0 Å². The Kier molecular flexibility index (Phi) is 3.02. The van der Waals surface area contributed by atoms with Crippen molar-refractivity contribution in [2.24, 2.45) is 0 Å². The van der Waals surface area contributed by atoms with Gasteiger partial charge in [0.2, 0.25) is 5.78 Å². The third kappa shape index (κ3) is 2.16. The number of carbonyl (C=O) groups is 1. The molecule has 17 heavy (non-hydrogen) atoms. The first-order valence-electron chi connectivity index (χ1n) is 6.34. The van der Waals surface area contributed by atoms with Crippen molar-refractivity contribution in [3.63, 3.8) is 0 Å². The number of allylic oxidation sites excluding steroid dienone is 1. The molecule has 1 aromatic rings. The van der Waals surface area contributed by atoms with Crippen LogP contribution in [-0.2, 0) is 17.6 Å². The van der Waals surface area contributed by atoms with Crippen molar-refractivity contribution < 1.29 is 9.53 Å². The Labute approximate surface area is 105 Å². The van der Waals surface area contributed by atoms with Gasteiger partial charge < -0.3 is 4.74 Å². The Balaban J connectivity index is 1.86. The van der Waals surface area contributed by atoms with E-state index in [2.05, 4.69) is 6.07 Å². The summed E-state index contributed by atoms with van der Waals surface area (Å²) < 4.78 is 5.34. The van der Waals surface area contributed by atoms with Gasteiger partial charge in [-0.3, -0.25) is 4.79 Å². The number of Topliss-reactive ketones (excluding diaryl/α,β-unsaturated/α-hetero) is 1. The zero-order chi connectivity index (χ0) is 11.7. The minimum atomic E-state index is 0.0839. The van der Waals surface area contributed by atoms with Gasteiger partial charge in [0.05, 0.1) is 11.5 Å². The molecule has 0 fully saturated rings. The Hall–Kier alpha value is -1.09. The van der Waals surface area contributed by atoms with Crippen LogP contribution in [0.4, 0.5) is 0 Å². The first-order valence-corrected chi connectivity index (χ1v) is 7.15. The molecule has 0 spiro atoms. The van der Waals surface area contributed by atoms with E-state index < -0.39 is 0 Å². The van der Waals surface area contributed by atoms with E-state index >= 15 is 0 Å². The van der Waals surface area contributed by atoms with E-state index in [1.54, 1.807) is 11.3 Å². The highest BCUT2D eigenvalue weighted by Gasteiger charge is 2.21. The molecule has 0 amide bonds. The zero-order valence-electron chi connectivity index (χ0n) is 9.83. The maximum atomic E-state index is 12.2. The minimum absolute atomic E-state index is 0.0839. The second-order valence-electron chi connectivity index (χ2n) is 4.65. The first kappa shape index (κ1) is 11.0. The molecule has 3 rings (SSSR count). The maximum absolute atomic E-state index is 12.2. The van der Waals surface area contributed by atoms with Gasteiger partial charge in [-0.2, -0.15) is 0 Å². The number of ketones is 1. The van der Waals surface area contributed by atoms with Crippen LogP contribution in [0, 0.1) is 0 Å². The lowest BCUT2D eigenvalue weighted by molar-refractivity contribution is 0.0946. The van der Waals surface area contributed by atoms with Crippen LogP contribution in [0.3, 0.4) is 0 Å². The number of hydrogen-bond acceptors (Lipinski definition) is 3. The molecule has 1 aliphatic carbocycles. The highest BCUT2D eigenvalue weighted by atomic mass is 32.1. The third-order valence-corrected chi connectivity index (χ3v) is 4.64. The molecule has 0 unspecified atom stereocenters. The van der Waals surface area contributed by atoms with Crippen LogP contribution in [0.15, 0.2) is 17.9 Å². The molecule has 0 aromatic carbocycles. The molecule has 2 aliphatic rings. The number of ether oxygens (including phenoxy) is 1. The summed E-state index contributed by atoms with van der Waals surface area (Å²) in [6, 6.07) is 2.09. The summed E-state index contributed by atoms with van der Waals surface area (Å²) >= 11 is 1.67. The summed E-state index contributed by atoms with van der Waals surface area (Å²) in [4.78, 5) is 14.5. The van der Waals surface area contributed by atoms with Crippen LogP contribution in [-0.4, -0.2) is 12.4 Å². The standard InChI is InChI=1S/C14H16O2S/c15-14(11-6-4-8-16-11)13-9-10-5-2-1-3-7-12(10)17-13/h6,9H,1-5,7-8H2. The van der Waals surface area contributed by atoms with Crippen LogP contribution in [0.1, 0.15) is 45.8 Å². The van der Waals surface area contributed by atoms with E-state index in [1.165, 1.54) is 29.7 Å². The molecular formula is C14H16O2S. The Morgan fingerprint density at radius 3 is 2.94 bits per heavy atom. The topological polar surface area (TPSA) is 26.3 Å². The molecule has 0 bridgehead atoms. The molecule has 0 atom stereocenters. The summed E-state index contributed by atoms with van der Waals surface area (Å²) in [6.45, 7) is 0.659. The maximum Gasteiger partial charge on any atom is 0.237 e. The Morgan fingerprint density at radius 2 is 2.12 bits per heavy atom. The van der Waals surface area contributed by atoms with Crippen molar-refractivity contribution >= 4 is 17.1 Å². The van der Waals surface area contributed by atoms with Gasteiger partial charge in [0, 0.05) is 11.3 Å². The molecule has 0 N–H and O–H groups in total. The summed E-state index contributed by atoms with van der Waals surface area (Å²) in [5.74, 6) is 0.641. The number of thiophene rings is 1. The Morgan fingerprint density at radius 1 is 1.24 bits per heavy atom. The van der Waals surface area contributed by atoms with E-state index in [9.17, 15) is 4.79 Å². The fraction of sp³-hybridized carbons (Fsp3) is 0.500. The second kappa shape index (κ2) is 4.65. The predicted octanol–water partition coefficient (Wildman–Crippen LogP) is 3.50. The van der Waals surface area contributed by atoms with Gasteiger partial charge in [0.15, 0.2) is 5.76 Å². The number of fused-ring (bicyclic) bond motifs is 1. The highest BCUT2D eigenvalue weighted by Crippen LogP contribution is 2.31. The SMILES string of the molecule is O=C(C1=CCCO1)c1cc2c(s1)CCCCC2. The van der Waals surface area contributed by atoms with E-state index in [-0.39, 0.29) is 5.78 Å². The van der Waals surface area contributed by atoms with E-state index in [0.29, 0.717) is 12.4 Å². The van der Waals surface area contributed by atoms with Gasteiger partial charge in [-0.05, 0) is 43.4 Å². The molecule has 90 valence electrons. The minimum Gasteiger partial charge on any atom is -0.489 e. The number of rotatable bonds is 2. The van der Waals surface area contributed by atoms with Crippen LogP contribution in [0.2, 0.25) is 0 Å². The van der Waals surface area contributed by atoms with Gasteiger partial charge in [0.1, 0.15) is 0 Å². The zero-order valence-corrected chi connectivity index (χ0v) is 10.6. The average molecular weight is 248 g/mol. The molecule has 2 heterocycles. The molecule has 1 aliphatic heterocycles. The molecule has 0 saturated heterocycles.